The molecule has 2 amide bonds. The number of imide groups is 1. The number of carbonyl (C=O) groups excluding carboxylic acids is 2. The van der Waals surface area contributed by atoms with Crippen LogP contribution in [0.5, 0.6) is 5.75 Å². The Morgan fingerprint density at radius 1 is 1.08 bits per heavy atom. The van der Waals surface area contributed by atoms with Gasteiger partial charge in [-0.3, -0.25) is 14.5 Å². The van der Waals surface area contributed by atoms with E-state index in [1.54, 1.807) is 6.08 Å². The van der Waals surface area contributed by atoms with Crippen LogP contribution in [-0.2, 0) is 4.79 Å². The Morgan fingerprint density at radius 2 is 1.80 bits per heavy atom. The van der Waals surface area contributed by atoms with Crippen LogP contribution >= 0.6 is 11.8 Å². The molecule has 0 unspecified atom stereocenters. The second-order valence-electron chi connectivity index (χ2n) is 5.31. The van der Waals surface area contributed by atoms with Gasteiger partial charge in [0.2, 0.25) is 0 Å². The van der Waals surface area contributed by atoms with Crippen molar-refractivity contribution in [3.63, 3.8) is 0 Å². The van der Waals surface area contributed by atoms with E-state index in [-0.39, 0.29) is 17.8 Å². The van der Waals surface area contributed by atoms with E-state index < -0.39 is 0 Å². The van der Waals surface area contributed by atoms with Crippen molar-refractivity contribution >= 4 is 34.7 Å². The van der Waals surface area contributed by atoms with Crippen LogP contribution in [0.15, 0.2) is 59.5 Å². The molecule has 1 fully saturated rings. The fourth-order valence-electron chi connectivity index (χ4n) is 2.34. The van der Waals surface area contributed by atoms with Crippen LogP contribution in [0.2, 0.25) is 0 Å². The summed E-state index contributed by atoms with van der Waals surface area (Å²) in [4.78, 5) is 26.2. The Hall–Kier alpha value is -2.73. The van der Waals surface area contributed by atoms with Gasteiger partial charge in [-0.25, -0.2) is 0 Å². The summed E-state index contributed by atoms with van der Waals surface area (Å²) in [6, 6.07) is 16.9. The van der Waals surface area contributed by atoms with Crippen molar-refractivity contribution in [1.29, 1.82) is 0 Å². The molecule has 2 aromatic rings. The number of ether oxygens (including phenoxy) is 1. The van der Waals surface area contributed by atoms with Gasteiger partial charge >= 0.3 is 0 Å². The number of benzene rings is 2. The first-order valence-electron chi connectivity index (χ1n) is 7.94. The minimum Gasteiger partial charge on any atom is -0.494 e. The van der Waals surface area contributed by atoms with Gasteiger partial charge in [0.15, 0.2) is 0 Å². The molecule has 0 saturated carbocycles. The van der Waals surface area contributed by atoms with Crippen LogP contribution in [0.25, 0.3) is 6.08 Å². The average Bonchev–Trinajstić information content (AvgIpc) is 2.89. The van der Waals surface area contributed by atoms with Crippen molar-refractivity contribution in [2.24, 2.45) is 0 Å². The third-order valence-electron chi connectivity index (χ3n) is 3.58. The van der Waals surface area contributed by atoms with Gasteiger partial charge in [0, 0.05) is 5.69 Å². The van der Waals surface area contributed by atoms with Crippen molar-refractivity contribution in [2.45, 2.75) is 6.92 Å². The molecule has 1 aliphatic rings. The number of nitrogens with zero attached hydrogens (tertiary/aromatic N) is 1. The first-order chi connectivity index (χ1) is 12.2. The zero-order valence-corrected chi connectivity index (χ0v) is 14.6. The van der Waals surface area contributed by atoms with Crippen LogP contribution in [0, 0.1) is 0 Å². The molecule has 0 radical (unpaired) electrons. The number of hydrogen-bond acceptors (Lipinski definition) is 5. The van der Waals surface area contributed by atoms with Crippen molar-refractivity contribution in [3.8, 4) is 5.75 Å². The number of hydrogen-bond donors (Lipinski definition) is 1. The van der Waals surface area contributed by atoms with Crippen molar-refractivity contribution in [1.82, 2.24) is 4.90 Å². The fourth-order valence-corrected chi connectivity index (χ4v) is 3.18. The molecule has 1 heterocycles. The number of thioether (sulfide) groups is 1. The molecule has 0 spiro atoms. The molecule has 5 nitrogen and oxygen atoms in total. The minimum atomic E-state index is -0.280. The van der Waals surface area contributed by atoms with Crippen LogP contribution in [0.4, 0.5) is 10.5 Å². The number of amides is 2. The topological polar surface area (TPSA) is 58.6 Å². The van der Waals surface area contributed by atoms with Crippen LogP contribution in [-0.4, -0.2) is 29.3 Å². The van der Waals surface area contributed by atoms with Gasteiger partial charge in [0.25, 0.3) is 11.1 Å². The molecule has 0 aliphatic carbocycles. The first kappa shape index (κ1) is 17.1. The Labute approximate surface area is 150 Å². The van der Waals surface area contributed by atoms with E-state index in [9.17, 15) is 9.59 Å². The lowest BCUT2D eigenvalue weighted by Crippen LogP contribution is -2.33. The third-order valence-corrected chi connectivity index (χ3v) is 4.48. The molecule has 2 aromatic carbocycles. The number of nitrogens with one attached hydrogen (secondary N) is 1. The Kier molecular flexibility index (Phi) is 5.40. The number of carbonyl (C=O) groups is 2. The number of anilines is 1. The maximum Gasteiger partial charge on any atom is 0.295 e. The van der Waals surface area contributed by atoms with Gasteiger partial charge < -0.3 is 10.1 Å². The monoisotopic (exact) mass is 354 g/mol. The standard InChI is InChI=1S/C19H18N2O3S/c1-2-24-16-10-8-15(9-11-16)20-13-21-18(22)17(25-19(21)23)12-14-6-4-3-5-7-14/h3-12,20H,2,13H2,1H3. The van der Waals surface area contributed by atoms with E-state index >= 15 is 0 Å². The normalized spacial score (nSPS) is 15.7. The lowest BCUT2D eigenvalue weighted by atomic mass is 10.2. The summed E-state index contributed by atoms with van der Waals surface area (Å²) in [5, 5.41) is 2.82. The summed E-state index contributed by atoms with van der Waals surface area (Å²) in [5.41, 5.74) is 1.71. The maximum atomic E-state index is 12.4. The summed E-state index contributed by atoms with van der Waals surface area (Å²) < 4.78 is 5.39. The second-order valence-corrected chi connectivity index (χ2v) is 6.31. The molecule has 1 saturated heterocycles. The molecule has 0 aromatic heterocycles. The van der Waals surface area contributed by atoms with Crippen molar-refractivity contribution < 1.29 is 14.3 Å². The lowest BCUT2D eigenvalue weighted by Gasteiger charge is -2.14. The third kappa shape index (κ3) is 4.22. The van der Waals surface area contributed by atoms with Crippen LogP contribution in [0.1, 0.15) is 12.5 Å². The van der Waals surface area contributed by atoms with Gasteiger partial charge in [-0.05, 0) is 54.6 Å². The predicted molar refractivity (Wildman–Crippen MR) is 100 cm³/mol. The predicted octanol–water partition coefficient (Wildman–Crippen LogP) is 4.19. The van der Waals surface area contributed by atoms with E-state index in [0.29, 0.717) is 11.5 Å². The van der Waals surface area contributed by atoms with Crippen molar-refractivity contribution in [2.75, 3.05) is 18.6 Å². The SMILES string of the molecule is CCOc1ccc(NCN2C(=O)SC(=Cc3ccccc3)C2=O)cc1. The smallest absolute Gasteiger partial charge is 0.295 e. The summed E-state index contributed by atoms with van der Waals surface area (Å²) in [6.07, 6.45) is 1.74. The molecule has 1 aliphatic heterocycles. The van der Waals surface area contributed by atoms with E-state index in [4.69, 9.17) is 4.74 Å². The molecular weight excluding hydrogens is 336 g/mol. The Morgan fingerprint density at radius 3 is 2.48 bits per heavy atom. The summed E-state index contributed by atoms with van der Waals surface area (Å²) in [7, 11) is 0. The Balaban J connectivity index is 1.64. The molecule has 128 valence electrons. The van der Waals surface area contributed by atoms with Gasteiger partial charge in [-0.1, -0.05) is 30.3 Å². The van der Waals surface area contributed by atoms with E-state index in [1.165, 1.54) is 4.90 Å². The van der Waals surface area contributed by atoms with Crippen LogP contribution < -0.4 is 10.1 Å². The van der Waals surface area contributed by atoms with Gasteiger partial charge in [0.05, 0.1) is 18.2 Å². The molecular formula is C19H18N2O3S. The fraction of sp³-hybridized carbons (Fsp3) is 0.158. The lowest BCUT2D eigenvalue weighted by molar-refractivity contribution is -0.122. The molecule has 1 N–H and O–H groups in total. The zero-order chi connectivity index (χ0) is 17.6. The summed E-state index contributed by atoms with van der Waals surface area (Å²) >= 11 is 0.959. The molecule has 3 rings (SSSR count). The van der Waals surface area contributed by atoms with E-state index in [2.05, 4.69) is 5.32 Å². The van der Waals surface area contributed by atoms with Gasteiger partial charge in [-0.2, -0.15) is 0 Å². The highest BCUT2D eigenvalue weighted by molar-refractivity contribution is 8.18. The highest BCUT2D eigenvalue weighted by Gasteiger charge is 2.34. The van der Waals surface area contributed by atoms with Gasteiger partial charge in [-0.15, -0.1) is 0 Å². The first-order valence-corrected chi connectivity index (χ1v) is 8.76. The summed E-state index contributed by atoms with van der Waals surface area (Å²) in [6.45, 7) is 2.66. The number of rotatable bonds is 6. The van der Waals surface area contributed by atoms with Crippen LogP contribution in [0.3, 0.4) is 0 Å². The highest BCUT2D eigenvalue weighted by Crippen LogP contribution is 2.32. The molecule has 25 heavy (non-hydrogen) atoms. The quantitative estimate of drug-likeness (QED) is 0.788. The van der Waals surface area contributed by atoms with E-state index in [0.717, 1.165) is 28.8 Å². The van der Waals surface area contributed by atoms with Gasteiger partial charge in [0.1, 0.15) is 5.75 Å². The largest absolute Gasteiger partial charge is 0.494 e. The molecule has 0 bridgehead atoms. The Bertz CT molecular complexity index is 788. The average molecular weight is 354 g/mol. The molecule has 0 atom stereocenters. The molecule has 6 heteroatoms. The minimum absolute atomic E-state index is 0.130. The second kappa shape index (κ2) is 7.90. The highest BCUT2D eigenvalue weighted by atomic mass is 32.2. The van der Waals surface area contributed by atoms with Crippen molar-refractivity contribution in [3.05, 3.63) is 65.1 Å². The summed E-state index contributed by atoms with van der Waals surface area (Å²) in [5.74, 6) is 0.502. The maximum absolute atomic E-state index is 12.4. The van der Waals surface area contributed by atoms with E-state index in [1.807, 2.05) is 61.5 Å². The zero-order valence-electron chi connectivity index (χ0n) is 13.8.